The lowest BCUT2D eigenvalue weighted by molar-refractivity contribution is 0.314. The molecule has 0 aromatic rings. The Hall–Kier alpha value is -0.790. The van der Waals surface area contributed by atoms with Crippen LogP contribution in [0.2, 0.25) is 0 Å². The number of nitrogens with zero attached hydrogens (tertiary/aromatic N) is 1. The summed E-state index contributed by atoms with van der Waals surface area (Å²) in [4.78, 5) is 0. The molecule has 0 saturated heterocycles. The van der Waals surface area contributed by atoms with Gasteiger partial charge in [0.1, 0.15) is 0 Å². The van der Waals surface area contributed by atoms with Crippen molar-refractivity contribution in [3.63, 3.8) is 0 Å². The number of oxime groups is 1. The molecule has 1 N–H and O–H groups in total. The van der Waals surface area contributed by atoms with E-state index in [-0.39, 0.29) is 0 Å². The lowest BCUT2D eigenvalue weighted by Crippen LogP contribution is -2.17. The van der Waals surface area contributed by atoms with Crippen molar-refractivity contribution in [3.05, 3.63) is 11.6 Å². The van der Waals surface area contributed by atoms with Crippen LogP contribution in [0.25, 0.3) is 0 Å². The van der Waals surface area contributed by atoms with Gasteiger partial charge in [0.2, 0.25) is 0 Å². The van der Waals surface area contributed by atoms with E-state index in [2.05, 4.69) is 32.0 Å². The maximum Gasteiger partial charge on any atom is 0.0611 e. The van der Waals surface area contributed by atoms with Gasteiger partial charge in [0, 0.05) is 5.92 Å². The van der Waals surface area contributed by atoms with E-state index in [1.54, 1.807) is 0 Å². The second kappa shape index (κ2) is 2.85. The SMILES string of the molecule is CC1=CC2C(CC1C(C)=NO)C2(C)C. The minimum atomic E-state index is 0.378. The van der Waals surface area contributed by atoms with Crippen molar-refractivity contribution in [2.45, 2.75) is 34.1 Å². The van der Waals surface area contributed by atoms with Crippen LogP contribution in [0.1, 0.15) is 34.1 Å². The minimum Gasteiger partial charge on any atom is -0.411 e. The smallest absolute Gasteiger partial charge is 0.0611 e. The van der Waals surface area contributed by atoms with E-state index in [9.17, 15) is 0 Å². The van der Waals surface area contributed by atoms with Crippen LogP contribution in [0.15, 0.2) is 16.8 Å². The van der Waals surface area contributed by atoms with Crippen molar-refractivity contribution < 1.29 is 5.21 Å². The summed E-state index contributed by atoms with van der Waals surface area (Å²) in [5.74, 6) is 1.95. The van der Waals surface area contributed by atoms with Crippen molar-refractivity contribution in [2.75, 3.05) is 0 Å². The summed E-state index contributed by atoms with van der Waals surface area (Å²) in [5.41, 5.74) is 2.72. The summed E-state index contributed by atoms with van der Waals surface area (Å²) >= 11 is 0. The molecule has 14 heavy (non-hydrogen) atoms. The first-order chi connectivity index (χ1) is 6.48. The molecule has 0 radical (unpaired) electrons. The molecule has 0 amide bonds. The predicted octanol–water partition coefficient (Wildman–Crippen LogP) is 3.07. The van der Waals surface area contributed by atoms with Crippen molar-refractivity contribution in [1.29, 1.82) is 0 Å². The molecule has 2 nitrogen and oxygen atoms in total. The molecular weight excluding hydrogens is 174 g/mol. The molecule has 1 fully saturated rings. The van der Waals surface area contributed by atoms with Gasteiger partial charge in [-0.25, -0.2) is 0 Å². The molecule has 0 spiro atoms. The first-order valence-corrected chi connectivity index (χ1v) is 5.35. The van der Waals surface area contributed by atoms with Gasteiger partial charge in [0.05, 0.1) is 5.71 Å². The van der Waals surface area contributed by atoms with Crippen LogP contribution >= 0.6 is 0 Å². The molecule has 0 aromatic carbocycles. The highest BCUT2D eigenvalue weighted by molar-refractivity contribution is 5.86. The van der Waals surface area contributed by atoms with Gasteiger partial charge in [0.15, 0.2) is 0 Å². The Bertz CT molecular complexity index is 314. The lowest BCUT2D eigenvalue weighted by atomic mass is 9.85. The van der Waals surface area contributed by atoms with Gasteiger partial charge < -0.3 is 5.21 Å². The Morgan fingerprint density at radius 1 is 1.57 bits per heavy atom. The normalized spacial score (nSPS) is 40.1. The zero-order valence-corrected chi connectivity index (χ0v) is 9.41. The van der Waals surface area contributed by atoms with E-state index in [1.165, 1.54) is 5.57 Å². The zero-order valence-electron chi connectivity index (χ0n) is 9.41. The maximum atomic E-state index is 8.80. The highest BCUT2D eigenvalue weighted by Gasteiger charge is 2.58. The summed E-state index contributed by atoms with van der Waals surface area (Å²) < 4.78 is 0. The third-order valence-electron chi connectivity index (χ3n) is 4.28. The highest BCUT2D eigenvalue weighted by atomic mass is 16.4. The predicted molar refractivity (Wildman–Crippen MR) is 57.5 cm³/mol. The largest absolute Gasteiger partial charge is 0.411 e. The maximum absolute atomic E-state index is 8.80. The summed E-state index contributed by atoms with van der Waals surface area (Å²) in [5, 5.41) is 12.1. The van der Waals surface area contributed by atoms with Gasteiger partial charge >= 0.3 is 0 Å². The molecule has 3 atom stereocenters. The monoisotopic (exact) mass is 193 g/mol. The molecule has 2 heteroatoms. The van der Waals surface area contributed by atoms with Gasteiger partial charge in [-0.2, -0.15) is 0 Å². The highest BCUT2D eigenvalue weighted by Crippen LogP contribution is 2.64. The summed E-state index contributed by atoms with van der Waals surface area (Å²) in [6.07, 6.45) is 3.55. The van der Waals surface area contributed by atoms with E-state index in [4.69, 9.17) is 5.21 Å². The lowest BCUT2D eigenvalue weighted by Gasteiger charge is -2.20. The van der Waals surface area contributed by atoms with Gasteiger partial charge in [-0.1, -0.05) is 30.7 Å². The van der Waals surface area contributed by atoms with Crippen LogP contribution in [0.5, 0.6) is 0 Å². The van der Waals surface area contributed by atoms with Crippen molar-refractivity contribution >= 4 is 5.71 Å². The van der Waals surface area contributed by atoms with Crippen LogP contribution in [0.3, 0.4) is 0 Å². The van der Waals surface area contributed by atoms with Gasteiger partial charge in [0.25, 0.3) is 0 Å². The second-order valence-electron chi connectivity index (χ2n) is 5.39. The number of rotatable bonds is 1. The van der Waals surface area contributed by atoms with Crippen LogP contribution < -0.4 is 0 Å². The van der Waals surface area contributed by atoms with Crippen molar-refractivity contribution in [2.24, 2.45) is 28.3 Å². The first kappa shape index (κ1) is 9.75. The van der Waals surface area contributed by atoms with E-state index < -0.39 is 0 Å². The van der Waals surface area contributed by atoms with Crippen molar-refractivity contribution in [3.8, 4) is 0 Å². The van der Waals surface area contributed by atoms with Crippen LogP contribution in [-0.4, -0.2) is 10.9 Å². The molecule has 0 heterocycles. The average molecular weight is 193 g/mol. The van der Waals surface area contributed by atoms with E-state index in [0.29, 0.717) is 11.3 Å². The Kier molecular flexibility index (Phi) is 1.98. The molecule has 3 unspecified atom stereocenters. The van der Waals surface area contributed by atoms with E-state index in [0.717, 1.165) is 24.0 Å². The van der Waals surface area contributed by atoms with E-state index in [1.807, 2.05) is 6.92 Å². The Labute approximate surface area is 85.7 Å². The molecule has 0 aliphatic heterocycles. The van der Waals surface area contributed by atoms with Crippen molar-refractivity contribution in [1.82, 2.24) is 0 Å². The molecule has 2 rings (SSSR count). The summed E-state index contributed by atoms with van der Waals surface area (Å²) in [6.45, 7) is 8.74. The Balaban J connectivity index is 2.21. The van der Waals surface area contributed by atoms with Crippen LogP contribution in [-0.2, 0) is 0 Å². The zero-order chi connectivity index (χ0) is 10.5. The summed E-state index contributed by atoms with van der Waals surface area (Å²) in [6, 6.07) is 0. The van der Waals surface area contributed by atoms with Crippen LogP contribution in [0, 0.1) is 23.2 Å². The third kappa shape index (κ3) is 1.20. The molecule has 0 bridgehead atoms. The second-order valence-corrected chi connectivity index (χ2v) is 5.39. The Morgan fingerprint density at radius 3 is 2.79 bits per heavy atom. The topological polar surface area (TPSA) is 32.6 Å². The fourth-order valence-corrected chi connectivity index (χ4v) is 2.98. The summed E-state index contributed by atoms with van der Waals surface area (Å²) in [7, 11) is 0. The molecular formula is C12H19NO. The average Bonchev–Trinajstić information content (AvgIpc) is 2.66. The Morgan fingerprint density at radius 2 is 2.21 bits per heavy atom. The molecule has 0 aromatic heterocycles. The quantitative estimate of drug-likeness (QED) is 0.295. The number of allylic oxidation sites excluding steroid dienone is 2. The molecule has 2 aliphatic carbocycles. The van der Waals surface area contributed by atoms with Crippen LogP contribution in [0.4, 0.5) is 0 Å². The fraction of sp³-hybridized carbons (Fsp3) is 0.750. The molecule has 78 valence electrons. The minimum absolute atomic E-state index is 0.378. The molecule has 1 saturated carbocycles. The van der Waals surface area contributed by atoms with Gasteiger partial charge in [-0.3, -0.25) is 0 Å². The fourth-order valence-electron chi connectivity index (χ4n) is 2.98. The molecule has 2 aliphatic rings. The number of fused-ring (bicyclic) bond motifs is 1. The number of hydrogen-bond donors (Lipinski definition) is 1. The van der Waals surface area contributed by atoms with Gasteiger partial charge in [-0.15, -0.1) is 0 Å². The van der Waals surface area contributed by atoms with E-state index >= 15 is 0 Å². The standard InChI is InChI=1S/C12H19NO/c1-7-5-10-11(12(10,3)4)6-9(7)8(2)13-14/h5,9-11,14H,6H2,1-4H3. The number of hydrogen-bond acceptors (Lipinski definition) is 2. The third-order valence-corrected chi connectivity index (χ3v) is 4.28. The first-order valence-electron chi connectivity index (χ1n) is 5.35. The van der Waals surface area contributed by atoms with Gasteiger partial charge in [-0.05, 0) is 37.5 Å².